The molecule has 2 aliphatic rings. The lowest BCUT2D eigenvalue weighted by Gasteiger charge is -2.33. The minimum absolute atomic E-state index is 0.00368. The number of rotatable bonds is 5. The molecule has 0 spiro atoms. The Hall–Kier alpha value is -1.24. The van der Waals surface area contributed by atoms with Gasteiger partial charge in [0.1, 0.15) is 11.1 Å². The van der Waals surface area contributed by atoms with E-state index in [1.54, 1.807) is 11.3 Å². The van der Waals surface area contributed by atoms with Crippen LogP contribution in [0, 0.1) is 6.92 Å². The first-order valence-corrected chi connectivity index (χ1v) is 9.30. The molecular formula is C17H25N3O2S. The first-order chi connectivity index (χ1) is 11.2. The van der Waals surface area contributed by atoms with Crippen molar-refractivity contribution in [1.29, 1.82) is 0 Å². The van der Waals surface area contributed by atoms with E-state index in [1.165, 1.54) is 12.1 Å². The van der Waals surface area contributed by atoms with Crippen LogP contribution in [0.15, 0.2) is 17.2 Å². The molecule has 1 amide bonds. The third-order valence-corrected chi connectivity index (χ3v) is 5.46. The van der Waals surface area contributed by atoms with Crippen LogP contribution >= 0.6 is 11.3 Å². The number of ether oxygens (including phenoxy) is 1. The summed E-state index contributed by atoms with van der Waals surface area (Å²) in [6.07, 6.45) is 5.51. The van der Waals surface area contributed by atoms with E-state index in [4.69, 9.17) is 4.74 Å². The Balaban J connectivity index is 1.59. The summed E-state index contributed by atoms with van der Waals surface area (Å²) in [6, 6.07) is 0. The smallest absolute Gasteiger partial charge is 0.240 e. The summed E-state index contributed by atoms with van der Waals surface area (Å²) < 4.78 is 5.85. The molecule has 0 bridgehead atoms. The maximum absolute atomic E-state index is 12.7. The van der Waals surface area contributed by atoms with Crippen LogP contribution in [0.4, 0.5) is 0 Å². The Kier molecular flexibility index (Phi) is 5.46. The molecule has 2 heterocycles. The Bertz CT molecular complexity index is 584. The monoisotopic (exact) mass is 335 g/mol. The number of aryl methyl sites for hydroxylation is 1. The highest BCUT2D eigenvalue weighted by molar-refractivity contribution is 7.09. The molecular weight excluding hydrogens is 310 g/mol. The number of morpholine rings is 1. The summed E-state index contributed by atoms with van der Waals surface area (Å²) in [6.45, 7) is 7.49. The molecule has 3 rings (SSSR count). The number of carbonyl (C=O) groups excluding carboxylic acids is 1. The second-order valence-corrected chi connectivity index (χ2v) is 7.04. The van der Waals surface area contributed by atoms with Crippen molar-refractivity contribution in [3.8, 4) is 0 Å². The van der Waals surface area contributed by atoms with Crippen molar-refractivity contribution in [2.75, 3.05) is 32.8 Å². The fourth-order valence-corrected chi connectivity index (χ4v) is 4.07. The molecule has 23 heavy (non-hydrogen) atoms. The van der Waals surface area contributed by atoms with Crippen LogP contribution < -0.4 is 0 Å². The van der Waals surface area contributed by atoms with Gasteiger partial charge in [-0.1, -0.05) is 6.08 Å². The van der Waals surface area contributed by atoms with Gasteiger partial charge in [-0.15, -0.1) is 11.3 Å². The Morgan fingerprint density at radius 3 is 3.09 bits per heavy atom. The van der Waals surface area contributed by atoms with Crippen LogP contribution in [0.5, 0.6) is 0 Å². The van der Waals surface area contributed by atoms with Crippen LogP contribution in [0.1, 0.15) is 43.0 Å². The molecule has 1 aromatic heterocycles. The topological polar surface area (TPSA) is 45.7 Å². The molecule has 1 aliphatic heterocycles. The van der Waals surface area contributed by atoms with E-state index in [0.717, 1.165) is 43.2 Å². The van der Waals surface area contributed by atoms with Crippen molar-refractivity contribution in [2.24, 2.45) is 0 Å². The summed E-state index contributed by atoms with van der Waals surface area (Å²) in [7, 11) is 0. The van der Waals surface area contributed by atoms with Gasteiger partial charge < -0.3 is 9.64 Å². The number of hydrogen-bond acceptors (Lipinski definition) is 5. The summed E-state index contributed by atoms with van der Waals surface area (Å²) in [5.41, 5.74) is 2.24. The molecule has 126 valence electrons. The number of nitrogens with zero attached hydrogens (tertiary/aromatic N) is 3. The third-order valence-electron chi connectivity index (χ3n) is 4.40. The predicted molar refractivity (Wildman–Crippen MR) is 91.3 cm³/mol. The number of amides is 1. The first kappa shape index (κ1) is 16.6. The minimum atomic E-state index is -0.00368. The second-order valence-electron chi connectivity index (χ2n) is 6.15. The van der Waals surface area contributed by atoms with Crippen molar-refractivity contribution < 1.29 is 9.53 Å². The first-order valence-electron chi connectivity index (χ1n) is 8.42. The van der Waals surface area contributed by atoms with Crippen LogP contribution in [-0.4, -0.2) is 53.5 Å². The van der Waals surface area contributed by atoms with E-state index in [9.17, 15) is 4.79 Å². The van der Waals surface area contributed by atoms with Crippen molar-refractivity contribution in [1.82, 2.24) is 14.8 Å². The number of carbonyl (C=O) groups is 1. The number of allylic oxidation sites excluding steroid dienone is 2. The molecule has 0 N–H and O–H groups in total. The largest absolute Gasteiger partial charge is 0.368 e. The standard InChI is InChI=1S/C17H25N3O2S/c1-3-20(14-6-4-5-7-14)16(21)11-19-8-9-22-15(10-19)17-18-13(2)12-23-17/h6,12,15H,3-5,7-11H2,1-2H3. The number of thiazole rings is 1. The van der Waals surface area contributed by atoms with Crippen LogP contribution in [-0.2, 0) is 9.53 Å². The van der Waals surface area contributed by atoms with Crippen molar-refractivity contribution in [3.63, 3.8) is 0 Å². The molecule has 5 nitrogen and oxygen atoms in total. The Morgan fingerprint density at radius 2 is 2.43 bits per heavy atom. The van der Waals surface area contributed by atoms with Gasteiger partial charge in [0.05, 0.1) is 13.2 Å². The molecule has 1 saturated heterocycles. The normalized spacial score (nSPS) is 22.2. The zero-order valence-electron chi connectivity index (χ0n) is 14.0. The van der Waals surface area contributed by atoms with Crippen LogP contribution in [0.3, 0.4) is 0 Å². The van der Waals surface area contributed by atoms with E-state index in [1.807, 2.05) is 17.2 Å². The van der Waals surface area contributed by atoms with E-state index < -0.39 is 0 Å². The van der Waals surface area contributed by atoms with E-state index in [2.05, 4.69) is 22.9 Å². The summed E-state index contributed by atoms with van der Waals surface area (Å²) in [5.74, 6) is 0.205. The third kappa shape index (κ3) is 4.00. The highest BCUT2D eigenvalue weighted by atomic mass is 32.1. The average Bonchev–Trinajstić information content (AvgIpc) is 3.20. The van der Waals surface area contributed by atoms with Crippen LogP contribution in [0.2, 0.25) is 0 Å². The molecule has 1 aliphatic carbocycles. The maximum atomic E-state index is 12.7. The van der Waals surface area contributed by atoms with Crippen LogP contribution in [0.25, 0.3) is 0 Å². The SMILES string of the molecule is CCN(C(=O)CN1CCOC(c2nc(C)cs2)C1)C1=CCCC1. The maximum Gasteiger partial charge on any atom is 0.240 e. The van der Waals surface area contributed by atoms with Gasteiger partial charge >= 0.3 is 0 Å². The fraction of sp³-hybridized carbons (Fsp3) is 0.647. The highest BCUT2D eigenvalue weighted by Crippen LogP contribution is 2.26. The van der Waals surface area contributed by atoms with Gasteiger partial charge in [0.2, 0.25) is 5.91 Å². The fourth-order valence-electron chi connectivity index (χ4n) is 3.23. The minimum Gasteiger partial charge on any atom is -0.368 e. The van der Waals surface area contributed by atoms with Crippen molar-refractivity contribution >= 4 is 17.2 Å². The average molecular weight is 335 g/mol. The van der Waals surface area contributed by atoms with E-state index >= 15 is 0 Å². The van der Waals surface area contributed by atoms with Gasteiger partial charge in [-0.25, -0.2) is 4.98 Å². The molecule has 1 fully saturated rings. The van der Waals surface area contributed by atoms with E-state index in [-0.39, 0.29) is 12.0 Å². The Labute approximate surface area is 141 Å². The predicted octanol–water partition coefficient (Wildman–Crippen LogP) is 2.74. The molecule has 6 heteroatoms. The van der Waals surface area contributed by atoms with Gasteiger partial charge in [-0.2, -0.15) is 0 Å². The molecule has 1 aromatic rings. The summed E-state index contributed by atoms with van der Waals surface area (Å²) in [5, 5.41) is 3.07. The lowest BCUT2D eigenvalue weighted by atomic mass is 10.2. The van der Waals surface area contributed by atoms with Gasteiger partial charge in [0.25, 0.3) is 0 Å². The lowest BCUT2D eigenvalue weighted by molar-refractivity contribution is -0.132. The quantitative estimate of drug-likeness (QED) is 0.830. The summed E-state index contributed by atoms with van der Waals surface area (Å²) >= 11 is 1.64. The zero-order valence-corrected chi connectivity index (χ0v) is 14.8. The Morgan fingerprint density at radius 1 is 1.57 bits per heavy atom. The van der Waals surface area contributed by atoms with E-state index in [0.29, 0.717) is 13.2 Å². The van der Waals surface area contributed by atoms with Gasteiger partial charge in [-0.05, 0) is 33.1 Å². The molecule has 1 unspecified atom stereocenters. The number of likely N-dealkylation sites (N-methyl/N-ethyl adjacent to an activating group) is 1. The molecule has 0 aromatic carbocycles. The lowest BCUT2D eigenvalue weighted by Crippen LogP contribution is -2.45. The van der Waals surface area contributed by atoms with Gasteiger partial charge in [0, 0.05) is 36.4 Å². The molecule has 0 radical (unpaired) electrons. The molecule has 1 atom stereocenters. The van der Waals surface area contributed by atoms with Gasteiger partial charge in [0.15, 0.2) is 0 Å². The number of aromatic nitrogens is 1. The molecule has 0 saturated carbocycles. The van der Waals surface area contributed by atoms with Gasteiger partial charge in [-0.3, -0.25) is 9.69 Å². The highest BCUT2D eigenvalue weighted by Gasteiger charge is 2.27. The summed E-state index contributed by atoms with van der Waals surface area (Å²) in [4.78, 5) is 21.3. The zero-order chi connectivity index (χ0) is 16.2. The number of hydrogen-bond donors (Lipinski definition) is 0. The van der Waals surface area contributed by atoms with Crippen molar-refractivity contribution in [2.45, 2.75) is 39.2 Å². The van der Waals surface area contributed by atoms with Crippen molar-refractivity contribution in [3.05, 3.63) is 27.9 Å². The second kappa shape index (κ2) is 7.55.